The van der Waals surface area contributed by atoms with Crippen molar-refractivity contribution in [1.29, 1.82) is 0 Å². The van der Waals surface area contributed by atoms with Crippen LogP contribution in [0, 0.1) is 5.82 Å². The second-order valence-electron chi connectivity index (χ2n) is 8.81. The molecule has 182 valence electrons. The predicted octanol–water partition coefficient (Wildman–Crippen LogP) is 7.45. The van der Waals surface area contributed by atoms with Crippen LogP contribution < -0.4 is 9.47 Å². The molecule has 0 aliphatic carbocycles. The maximum atomic E-state index is 13.7. The Morgan fingerprint density at radius 3 is 2.23 bits per heavy atom. The molecule has 0 atom stereocenters. The van der Waals surface area contributed by atoms with Gasteiger partial charge in [-0.05, 0) is 66.1 Å². The third-order valence-corrected chi connectivity index (χ3v) is 7.03. The van der Waals surface area contributed by atoms with Gasteiger partial charge in [0.25, 0.3) is 0 Å². The van der Waals surface area contributed by atoms with Gasteiger partial charge in [0, 0.05) is 23.7 Å². The Balaban J connectivity index is 1.77. The second kappa shape index (κ2) is 10.3. The van der Waals surface area contributed by atoms with Crippen molar-refractivity contribution in [1.82, 2.24) is 9.55 Å². The van der Waals surface area contributed by atoms with Crippen LogP contribution in [0.3, 0.4) is 0 Å². The number of nitrogens with zero attached hydrogens (tertiary/aromatic N) is 2. The minimum atomic E-state index is -0.442. The summed E-state index contributed by atoms with van der Waals surface area (Å²) in [5.74, 6) is 1.91. The van der Waals surface area contributed by atoms with E-state index < -0.39 is 5.41 Å². The van der Waals surface area contributed by atoms with Gasteiger partial charge in [-0.15, -0.1) is 0 Å². The number of methoxy groups -OCH3 is 2. The molecule has 0 saturated carbocycles. The monoisotopic (exact) mass is 512 g/mol. The van der Waals surface area contributed by atoms with Gasteiger partial charge >= 0.3 is 0 Å². The number of aryl methyl sites for hydroxylation is 2. The highest BCUT2D eigenvalue weighted by Crippen LogP contribution is 2.38. The van der Waals surface area contributed by atoms with E-state index in [1.54, 1.807) is 32.4 Å². The second-order valence-corrected chi connectivity index (χ2v) is 9.63. The van der Waals surface area contributed by atoms with Crippen molar-refractivity contribution in [2.24, 2.45) is 0 Å². The van der Waals surface area contributed by atoms with Crippen molar-refractivity contribution in [3.8, 4) is 17.2 Å². The van der Waals surface area contributed by atoms with Crippen LogP contribution in [0.1, 0.15) is 36.5 Å². The summed E-state index contributed by atoms with van der Waals surface area (Å²) in [4.78, 5) is 4.79. The topological polar surface area (TPSA) is 36.3 Å². The quantitative estimate of drug-likeness (QED) is 0.246. The summed E-state index contributed by atoms with van der Waals surface area (Å²) in [6.45, 7) is 4.27. The molecular formula is C28H27Cl2FN2O2. The Bertz CT molecular complexity index is 1330. The molecule has 4 rings (SSSR count). The molecule has 0 radical (unpaired) electrons. The minimum Gasteiger partial charge on any atom is -0.493 e. The van der Waals surface area contributed by atoms with Gasteiger partial charge in [0.15, 0.2) is 11.5 Å². The molecule has 1 heterocycles. The number of aromatic nitrogens is 2. The number of ether oxygens (including phenoxy) is 2. The number of hydrogen-bond acceptors (Lipinski definition) is 3. The summed E-state index contributed by atoms with van der Waals surface area (Å²) in [5.41, 5.74) is 3.48. The van der Waals surface area contributed by atoms with Crippen molar-refractivity contribution >= 4 is 23.2 Å². The molecular weight excluding hydrogens is 486 g/mol. The number of hydrogen-bond donors (Lipinski definition) is 0. The zero-order chi connectivity index (χ0) is 25.2. The van der Waals surface area contributed by atoms with Crippen molar-refractivity contribution in [3.63, 3.8) is 0 Å². The van der Waals surface area contributed by atoms with Gasteiger partial charge in [-0.1, -0.05) is 49.2 Å². The van der Waals surface area contributed by atoms with Gasteiger partial charge in [0.05, 0.1) is 30.0 Å². The molecule has 0 saturated heterocycles. The highest BCUT2D eigenvalue weighted by Gasteiger charge is 2.30. The number of benzene rings is 3. The molecule has 0 fully saturated rings. The number of imidazole rings is 1. The smallest absolute Gasteiger partial charge is 0.161 e. The average Bonchev–Trinajstić information content (AvgIpc) is 3.29. The van der Waals surface area contributed by atoms with Crippen LogP contribution in [0.15, 0.2) is 66.9 Å². The van der Waals surface area contributed by atoms with Crippen LogP contribution in [0.5, 0.6) is 11.5 Å². The van der Waals surface area contributed by atoms with Gasteiger partial charge in [0.1, 0.15) is 11.6 Å². The lowest BCUT2D eigenvalue weighted by Gasteiger charge is -2.28. The third kappa shape index (κ3) is 5.16. The molecule has 0 bridgehead atoms. The third-order valence-electron chi connectivity index (χ3n) is 6.29. The Kier molecular flexibility index (Phi) is 7.39. The zero-order valence-electron chi connectivity index (χ0n) is 20.1. The fourth-order valence-electron chi connectivity index (χ4n) is 4.21. The van der Waals surface area contributed by atoms with Gasteiger partial charge in [-0.3, -0.25) is 4.57 Å². The fourth-order valence-corrected chi connectivity index (χ4v) is 4.53. The lowest BCUT2D eigenvalue weighted by molar-refractivity contribution is 0.353. The normalized spacial score (nSPS) is 11.5. The van der Waals surface area contributed by atoms with Crippen LogP contribution in [-0.2, 0) is 18.3 Å². The van der Waals surface area contributed by atoms with E-state index in [0.29, 0.717) is 28.0 Å². The van der Waals surface area contributed by atoms with Gasteiger partial charge in [0.2, 0.25) is 0 Å². The molecule has 35 heavy (non-hydrogen) atoms. The lowest BCUT2D eigenvalue weighted by Crippen LogP contribution is -2.23. The van der Waals surface area contributed by atoms with E-state index in [-0.39, 0.29) is 5.82 Å². The standard InChI is InChI=1S/C28H27Cl2FN2O2/c1-28(2,19-7-13-24(34-3)25(16-19)35-4)26-17-32-27(33(26)21-10-8-20(31)9-11-21)14-6-18-5-12-22(29)23(30)15-18/h5,7-13,15-17H,6,14H2,1-4H3. The van der Waals surface area contributed by atoms with Crippen molar-refractivity contribution in [3.05, 3.63) is 105 Å². The van der Waals surface area contributed by atoms with Crippen LogP contribution in [0.25, 0.3) is 5.69 Å². The van der Waals surface area contributed by atoms with E-state index in [9.17, 15) is 4.39 Å². The maximum absolute atomic E-state index is 13.7. The summed E-state index contributed by atoms with van der Waals surface area (Å²) >= 11 is 12.3. The average molecular weight is 513 g/mol. The Labute approximate surface area is 215 Å². The highest BCUT2D eigenvalue weighted by molar-refractivity contribution is 6.42. The molecule has 0 N–H and O–H groups in total. The van der Waals surface area contributed by atoms with Crippen molar-refractivity contribution in [2.45, 2.75) is 32.1 Å². The van der Waals surface area contributed by atoms with E-state index in [2.05, 4.69) is 18.4 Å². The molecule has 0 unspecified atom stereocenters. The lowest BCUT2D eigenvalue weighted by atomic mass is 9.81. The molecule has 0 aliphatic heterocycles. The van der Waals surface area contributed by atoms with Gasteiger partial charge in [-0.2, -0.15) is 0 Å². The predicted molar refractivity (Wildman–Crippen MR) is 139 cm³/mol. The Morgan fingerprint density at radius 2 is 1.57 bits per heavy atom. The molecule has 0 aliphatic rings. The summed E-state index contributed by atoms with van der Waals surface area (Å²) in [6, 6.07) is 18.0. The van der Waals surface area contributed by atoms with Crippen LogP contribution >= 0.6 is 23.2 Å². The summed E-state index contributed by atoms with van der Waals surface area (Å²) < 4.78 is 26.8. The first-order chi connectivity index (χ1) is 16.7. The van der Waals surface area contributed by atoms with Crippen LogP contribution in [0.2, 0.25) is 10.0 Å². The molecule has 1 aromatic heterocycles. The molecule has 0 amide bonds. The number of rotatable bonds is 8. The molecule has 0 spiro atoms. The first kappa shape index (κ1) is 25.1. The molecule has 4 nitrogen and oxygen atoms in total. The van der Waals surface area contributed by atoms with Crippen molar-refractivity contribution < 1.29 is 13.9 Å². The fraction of sp³-hybridized carbons (Fsp3) is 0.250. The Morgan fingerprint density at radius 1 is 0.857 bits per heavy atom. The van der Waals surface area contributed by atoms with E-state index in [1.165, 1.54) is 12.1 Å². The summed E-state index contributed by atoms with van der Waals surface area (Å²) in [5, 5.41) is 1.06. The maximum Gasteiger partial charge on any atom is 0.161 e. The zero-order valence-corrected chi connectivity index (χ0v) is 21.6. The van der Waals surface area contributed by atoms with Gasteiger partial charge in [-0.25, -0.2) is 9.37 Å². The summed E-state index contributed by atoms with van der Waals surface area (Å²) in [6.07, 6.45) is 3.28. The highest BCUT2D eigenvalue weighted by atomic mass is 35.5. The largest absolute Gasteiger partial charge is 0.493 e. The number of halogens is 3. The van der Waals surface area contributed by atoms with Gasteiger partial charge < -0.3 is 9.47 Å². The summed E-state index contributed by atoms with van der Waals surface area (Å²) in [7, 11) is 3.24. The van der Waals surface area contributed by atoms with E-state index in [4.69, 9.17) is 37.7 Å². The molecule has 3 aromatic carbocycles. The molecule has 4 aromatic rings. The van der Waals surface area contributed by atoms with Crippen molar-refractivity contribution in [2.75, 3.05) is 14.2 Å². The minimum absolute atomic E-state index is 0.285. The van der Waals surface area contributed by atoms with Crippen LogP contribution in [0.4, 0.5) is 4.39 Å². The Hall–Kier alpha value is -3.02. The first-order valence-electron chi connectivity index (χ1n) is 11.2. The van der Waals surface area contributed by atoms with Crippen LogP contribution in [-0.4, -0.2) is 23.8 Å². The molecule has 7 heteroatoms. The SMILES string of the molecule is COc1ccc(C(C)(C)c2cnc(CCc3ccc(Cl)c(Cl)c3)n2-c2ccc(F)cc2)cc1OC. The van der Waals surface area contributed by atoms with E-state index in [0.717, 1.165) is 34.8 Å². The van der Waals surface area contributed by atoms with E-state index in [1.807, 2.05) is 36.5 Å². The first-order valence-corrected chi connectivity index (χ1v) is 12.0. The van der Waals surface area contributed by atoms with E-state index >= 15 is 0 Å².